The summed E-state index contributed by atoms with van der Waals surface area (Å²) in [6.07, 6.45) is 0.426. The predicted molar refractivity (Wildman–Crippen MR) is 98.5 cm³/mol. The van der Waals surface area contributed by atoms with Gasteiger partial charge >= 0.3 is 6.09 Å². The summed E-state index contributed by atoms with van der Waals surface area (Å²) in [6.45, 7) is 5.97. The fourth-order valence-electron chi connectivity index (χ4n) is 2.51. The molecule has 0 aromatic carbocycles. The summed E-state index contributed by atoms with van der Waals surface area (Å²) in [5, 5.41) is 4.16. The monoisotopic (exact) mass is 403 g/mol. The lowest BCUT2D eigenvalue weighted by Gasteiger charge is -2.32. The smallest absolute Gasteiger partial charge is 0.408 e. The molecule has 0 spiro atoms. The number of hydrogen-bond donors (Lipinski definition) is 2. The molecule has 10 heteroatoms. The number of ether oxygens (including phenoxy) is 1. The van der Waals surface area contributed by atoms with Crippen LogP contribution in [-0.2, 0) is 19.6 Å². The van der Waals surface area contributed by atoms with Gasteiger partial charge in [-0.05, 0) is 45.1 Å². The molecule has 2 rings (SSSR count). The zero-order chi connectivity index (χ0) is 19.4. The first-order valence-corrected chi connectivity index (χ1v) is 10.7. The Kier molecular flexibility index (Phi) is 6.64. The molecule has 2 N–H and O–H groups in total. The Morgan fingerprint density at radius 3 is 2.50 bits per heavy atom. The van der Waals surface area contributed by atoms with Gasteiger partial charge in [-0.15, -0.1) is 11.3 Å². The van der Waals surface area contributed by atoms with Crippen LogP contribution in [-0.4, -0.2) is 56.6 Å². The molecule has 0 unspecified atom stereocenters. The van der Waals surface area contributed by atoms with Crippen LogP contribution in [0.2, 0.25) is 0 Å². The predicted octanol–water partition coefficient (Wildman–Crippen LogP) is 1.54. The van der Waals surface area contributed by atoms with Gasteiger partial charge in [0.2, 0.25) is 15.9 Å². The standard InChI is InChI=1S/C16H25N3O5S2/c1-16(2,3)24-15(21)17-11-13(20)19-8-6-12(7-9-19)18-26(22,23)14-5-4-10-25-14/h4-5,10,12,18H,6-9,11H2,1-3H3,(H,17,21). The number of nitrogens with one attached hydrogen (secondary N) is 2. The van der Waals surface area contributed by atoms with Gasteiger partial charge in [0.15, 0.2) is 0 Å². The molecule has 1 fully saturated rings. The first-order chi connectivity index (χ1) is 12.1. The van der Waals surface area contributed by atoms with E-state index in [1.807, 2.05) is 0 Å². The van der Waals surface area contributed by atoms with E-state index in [-0.39, 0.29) is 22.7 Å². The van der Waals surface area contributed by atoms with Gasteiger partial charge in [0, 0.05) is 19.1 Å². The molecule has 0 saturated carbocycles. The molecular formula is C16H25N3O5S2. The first-order valence-electron chi connectivity index (χ1n) is 8.37. The minimum absolute atomic E-state index is 0.138. The van der Waals surface area contributed by atoms with Crippen molar-refractivity contribution in [3.05, 3.63) is 17.5 Å². The Morgan fingerprint density at radius 2 is 1.96 bits per heavy atom. The van der Waals surface area contributed by atoms with Crippen LogP contribution < -0.4 is 10.0 Å². The summed E-state index contributed by atoms with van der Waals surface area (Å²) in [7, 11) is -3.50. The van der Waals surface area contributed by atoms with Crippen LogP contribution in [0.25, 0.3) is 0 Å². The van der Waals surface area contributed by atoms with E-state index in [0.717, 1.165) is 0 Å². The molecule has 146 valence electrons. The van der Waals surface area contributed by atoms with Gasteiger partial charge in [-0.3, -0.25) is 4.79 Å². The van der Waals surface area contributed by atoms with E-state index in [2.05, 4.69) is 10.0 Å². The van der Waals surface area contributed by atoms with Crippen LogP contribution in [0.1, 0.15) is 33.6 Å². The third-order valence-electron chi connectivity index (χ3n) is 3.71. The number of likely N-dealkylation sites (tertiary alicyclic amines) is 1. The summed E-state index contributed by atoms with van der Waals surface area (Å²) >= 11 is 1.17. The number of carbonyl (C=O) groups excluding carboxylic acids is 2. The van der Waals surface area contributed by atoms with Gasteiger partial charge in [-0.25, -0.2) is 17.9 Å². The quantitative estimate of drug-likeness (QED) is 0.776. The van der Waals surface area contributed by atoms with Gasteiger partial charge in [0.25, 0.3) is 0 Å². The maximum absolute atomic E-state index is 12.2. The van der Waals surface area contributed by atoms with Crippen LogP contribution in [0.5, 0.6) is 0 Å². The molecule has 0 bridgehead atoms. The number of rotatable bonds is 5. The van der Waals surface area contributed by atoms with Gasteiger partial charge < -0.3 is 15.0 Å². The molecule has 1 aliphatic heterocycles. The summed E-state index contributed by atoms with van der Waals surface area (Å²) in [6, 6.07) is 3.05. The zero-order valence-electron chi connectivity index (χ0n) is 15.1. The van der Waals surface area contributed by atoms with Crippen molar-refractivity contribution in [2.75, 3.05) is 19.6 Å². The molecule has 2 heterocycles. The molecule has 0 radical (unpaired) electrons. The van der Waals surface area contributed by atoms with E-state index < -0.39 is 21.7 Å². The molecule has 8 nitrogen and oxygen atoms in total. The van der Waals surface area contributed by atoms with E-state index in [1.165, 1.54) is 11.3 Å². The lowest BCUT2D eigenvalue weighted by atomic mass is 10.1. The molecule has 1 aromatic rings. The van der Waals surface area contributed by atoms with Crippen LogP contribution in [0.4, 0.5) is 4.79 Å². The second-order valence-corrected chi connectivity index (χ2v) is 9.95. The minimum atomic E-state index is -3.50. The SMILES string of the molecule is CC(C)(C)OC(=O)NCC(=O)N1CCC(NS(=O)(=O)c2cccs2)CC1. The Bertz CT molecular complexity index is 718. The Hall–Kier alpha value is -1.65. The van der Waals surface area contributed by atoms with Crippen LogP contribution >= 0.6 is 11.3 Å². The molecule has 0 aliphatic carbocycles. The van der Waals surface area contributed by atoms with Crippen molar-refractivity contribution >= 4 is 33.4 Å². The lowest BCUT2D eigenvalue weighted by Crippen LogP contribution is -2.49. The number of amides is 2. The second-order valence-electron chi connectivity index (χ2n) is 7.06. The van der Waals surface area contributed by atoms with E-state index in [4.69, 9.17) is 4.74 Å². The third kappa shape index (κ3) is 6.26. The van der Waals surface area contributed by atoms with Crippen molar-refractivity contribution in [2.45, 2.75) is 49.5 Å². The fourth-order valence-corrected chi connectivity index (χ4v) is 4.83. The molecule has 1 saturated heterocycles. The van der Waals surface area contributed by atoms with E-state index in [1.54, 1.807) is 43.2 Å². The van der Waals surface area contributed by atoms with Gasteiger partial charge in [0.05, 0.1) is 0 Å². The van der Waals surface area contributed by atoms with E-state index >= 15 is 0 Å². The van der Waals surface area contributed by atoms with Crippen molar-refractivity contribution in [1.82, 2.24) is 14.9 Å². The second kappa shape index (κ2) is 8.36. The number of piperidine rings is 1. The molecule has 1 aliphatic rings. The number of sulfonamides is 1. The highest BCUT2D eigenvalue weighted by Crippen LogP contribution is 2.18. The van der Waals surface area contributed by atoms with Crippen LogP contribution in [0, 0.1) is 0 Å². The van der Waals surface area contributed by atoms with Crippen molar-refractivity contribution < 1.29 is 22.7 Å². The molecular weight excluding hydrogens is 378 g/mol. The van der Waals surface area contributed by atoms with Crippen molar-refractivity contribution in [3.8, 4) is 0 Å². The summed E-state index contributed by atoms with van der Waals surface area (Å²) in [5.41, 5.74) is -0.620. The average Bonchev–Trinajstić information content (AvgIpc) is 3.07. The maximum Gasteiger partial charge on any atom is 0.408 e. The van der Waals surface area contributed by atoms with Gasteiger partial charge in [0.1, 0.15) is 16.4 Å². The van der Waals surface area contributed by atoms with Crippen LogP contribution in [0.15, 0.2) is 21.7 Å². The number of nitrogens with zero attached hydrogens (tertiary/aromatic N) is 1. The van der Waals surface area contributed by atoms with Crippen LogP contribution in [0.3, 0.4) is 0 Å². The molecule has 26 heavy (non-hydrogen) atoms. The minimum Gasteiger partial charge on any atom is -0.444 e. The largest absolute Gasteiger partial charge is 0.444 e. The maximum atomic E-state index is 12.2. The fraction of sp³-hybridized carbons (Fsp3) is 0.625. The molecule has 0 atom stereocenters. The number of thiophene rings is 1. The topological polar surface area (TPSA) is 105 Å². The van der Waals surface area contributed by atoms with E-state index in [9.17, 15) is 18.0 Å². The Morgan fingerprint density at radius 1 is 1.31 bits per heavy atom. The highest BCUT2D eigenvalue weighted by atomic mass is 32.2. The lowest BCUT2D eigenvalue weighted by molar-refractivity contribution is -0.131. The third-order valence-corrected chi connectivity index (χ3v) is 6.63. The number of hydrogen-bond acceptors (Lipinski definition) is 6. The Labute approximate surface area is 158 Å². The number of alkyl carbamates (subject to hydrolysis) is 1. The highest BCUT2D eigenvalue weighted by molar-refractivity contribution is 7.91. The van der Waals surface area contributed by atoms with Crippen molar-refractivity contribution in [1.29, 1.82) is 0 Å². The molecule has 2 amide bonds. The summed E-state index contributed by atoms with van der Waals surface area (Å²) in [5.74, 6) is -0.213. The average molecular weight is 404 g/mol. The highest BCUT2D eigenvalue weighted by Gasteiger charge is 2.27. The first kappa shape index (κ1) is 20.7. The Balaban J connectivity index is 1.76. The summed E-state index contributed by atoms with van der Waals surface area (Å²) < 4.78 is 32.5. The zero-order valence-corrected chi connectivity index (χ0v) is 16.8. The van der Waals surface area contributed by atoms with Gasteiger partial charge in [-0.2, -0.15) is 0 Å². The van der Waals surface area contributed by atoms with Crippen molar-refractivity contribution in [3.63, 3.8) is 0 Å². The summed E-state index contributed by atoms with van der Waals surface area (Å²) in [4.78, 5) is 25.4. The van der Waals surface area contributed by atoms with Gasteiger partial charge in [-0.1, -0.05) is 6.07 Å². The normalized spacial score (nSPS) is 16.3. The molecule has 1 aromatic heterocycles. The van der Waals surface area contributed by atoms with E-state index in [0.29, 0.717) is 25.9 Å². The van der Waals surface area contributed by atoms with Crippen molar-refractivity contribution in [2.24, 2.45) is 0 Å². The number of carbonyl (C=O) groups is 2.